The first-order chi connectivity index (χ1) is 17.6. The summed E-state index contributed by atoms with van der Waals surface area (Å²) in [6, 6.07) is 8.08. The summed E-state index contributed by atoms with van der Waals surface area (Å²) in [6.07, 6.45) is 3.79. The number of carbonyl (C=O) groups excluding carboxylic acids is 3. The summed E-state index contributed by atoms with van der Waals surface area (Å²) in [5, 5.41) is 10.1. The molecule has 3 amide bonds. The third kappa shape index (κ3) is 4.10. The monoisotopic (exact) mass is 509 g/mol. The van der Waals surface area contributed by atoms with E-state index in [4.69, 9.17) is 4.74 Å². The van der Waals surface area contributed by atoms with Gasteiger partial charge in [-0.25, -0.2) is 0 Å². The van der Waals surface area contributed by atoms with E-state index in [1.807, 2.05) is 44.2 Å². The van der Waals surface area contributed by atoms with Crippen LogP contribution < -0.4 is 0 Å². The van der Waals surface area contributed by atoms with Crippen molar-refractivity contribution in [2.75, 3.05) is 26.7 Å². The lowest BCUT2D eigenvalue weighted by molar-refractivity contribution is -0.157. The molecule has 2 bridgehead atoms. The van der Waals surface area contributed by atoms with Crippen LogP contribution in [0.4, 0.5) is 0 Å². The van der Waals surface area contributed by atoms with Crippen molar-refractivity contribution in [2.24, 2.45) is 17.8 Å². The lowest BCUT2D eigenvalue weighted by Gasteiger charge is -2.39. The number of carbonyl (C=O) groups is 3. The Bertz CT molecular complexity index is 1080. The topological polar surface area (TPSA) is 90.4 Å². The predicted molar refractivity (Wildman–Crippen MR) is 140 cm³/mol. The van der Waals surface area contributed by atoms with Gasteiger partial charge in [-0.3, -0.25) is 14.4 Å². The molecule has 1 aromatic rings. The molecule has 4 rings (SSSR count). The van der Waals surface area contributed by atoms with Gasteiger partial charge in [0, 0.05) is 26.7 Å². The number of hydrogen-bond acceptors (Lipinski definition) is 5. The van der Waals surface area contributed by atoms with Crippen LogP contribution in [0, 0.1) is 17.8 Å². The van der Waals surface area contributed by atoms with Gasteiger partial charge < -0.3 is 24.5 Å². The van der Waals surface area contributed by atoms with Crippen LogP contribution in [0.15, 0.2) is 55.6 Å². The maximum atomic E-state index is 14.4. The number of hydrogen-bond donors (Lipinski definition) is 1. The van der Waals surface area contributed by atoms with Crippen LogP contribution in [0.2, 0.25) is 0 Å². The van der Waals surface area contributed by atoms with E-state index in [9.17, 15) is 19.5 Å². The van der Waals surface area contributed by atoms with E-state index in [0.717, 1.165) is 5.56 Å². The summed E-state index contributed by atoms with van der Waals surface area (Å²) in [5.41, 5.74) is -1.09. The van der Waals surface area contributed by atoms with Crippen molar-refractivity contribution < 1.29 is 24.2 Å². The van der Waals surface area contributed by atoms with E-state index in [2.05, 4.69) is 13.2 Å². The Balaban J connectivity index is 1.80. The van der Waals surface area contributed by atoms with Crippen molar-refractivity contribution >= 4 is 17.7 Å². The summed E-state index contributed by atoms with van der Waals surface area (Å²) in [4.78, 5) is 47.0. The molecule has 1 spiro atoms. The Kier molecular flexibility index (Phi) is 7.36. The third-order valence-corrected chi connectivity index (χ3v) is 8.65. The molecule has 3 aliphatic heterocycles. The lowest BCUT2D eigenvalue weighted by atomic mass is 9.62. The van der Waals surface area contributed by atoms with Crippen LogP contribution in [-0.2, 0) is 25.7 Å². The molecule has 0 radical (unpaired) electrons. The van der Waals surface area contributed by atoms with Gasteiger partial charge in [0.25, 0.3) is 0 Å². The van der Waals surface area contributed by atoms with Crippen molar-refractivity contribution in [3.05, 3.63) is 61.2 Å². The highest BCUT2D eigenvalue weighted by atomic mass is 16.5. The molecular formula is C29H39N3O5. The number of rotatable bonds is 10. The highest BCUT2D eigenvalue weighted by Gasteiger charge is 2.80. The van der Waals surface area contributed by atoms with Gasteiger partial charge >= 0.3 is 0 Å². The predicted octanol–water partition coefficient (Wildman–Crippen LogP) is 2.24. The average molecular weight is 510 g/mol. The van der Waals surface area contributed by atoms with E-state index in [1.54, 1.807) is 35.9 Å². The second-order valence-corrected chi connectivity index (χ2v) is 11.0. The Labute approximate surface area is 219 Å². The number of amides is 3. The normalized spacial score (nSPS) is 32.7. The van der Waals surface area contributed by atoms with Gasteiger partial charge in [-0.05, 0) is 31.7 Å². The Morgan fingerprint density at radius 3 is 2.46 bits per heavy atom. The van der Waals surface area contributed by atoms with Crippen LogP contribution in [0.1, 0.15) is 32.8 Å². The number of benzene rings is 1. The molecule has 0 aromatic heterocycles. The number of likely N-dealkylation sites (tertiary alicyclic amines) is 1. The zero-order valence-electron chi connectivity index (χ0n) is 22.3. The summed E-state index contributed by atoms with van der Waals surface area (Å²) in [5.74, 6) is -2.35. The summed E-state index contributed by atoms with van der Waals surface area (Å²) in [6.45, 7) is 13.9. The summed E-state index contributed by atoms with van der Waals surface area (Å²) < 4.78 is 6.76. The number of aliphatic hydroxyl groups excluding tert-OH is 1. The Morgan fingerprint density at radius 2 is 1.86 bits per heavy atom. The molecule has 200 valence electrons. The van der Waals surface area contributed by atoms with E-state index >= 15 is 0 Å². The molecule has 1 N–H and O–H groups in total. The smallest absolute Gasteiger partial charge is 0.249 e. The minimum Gasteiger partial charge on any atom is -0.394 e. The first-order valence-corrected chi connectivity index (χ1v) is 13.0. The van der Waals surface area contributed by atoms with Crippen molar-refractivity contribution in [1.82, 2.24) is 14.7 Å². The highest BCUT2D eigenvalue weighted by molar-refractivity contribution is 5.99. The molecule has 3 saturated heterocycles. The number of aliphatic hydroxyl groups is 1. The fourth-order valence-corrected chi connectivity index (χ4v) is 6.78. The van der Waals surface area contributed by atoms with Gasteiger partial charge in [0.15, 0.2) is 0 Å². The number of fused-ring (bicyclic) bond motifs is 1. The molecule has 1 aromatic carbocycles. The number of nitrogens with zero attached hydrogens (tertiary/aromatic N) is 3. The van der Waals surface area contributed by atoms with Crippen LogP contribution in [0.25, 0.3) is 0 Å². The lowest BCUT2D eigenvalue weighted by Crippen LogP contribution is -2.58. The molecule has 0 aliphatic carbocycles. The SMILES string of the molecule is C=CCN(C)C(=O)[C@H]1[C@H]2C(=O)N([C@H](C)CO)C(C(=O)N(CC=C)Cc3ccccc3)C23CC(C)[C@]1(C)O3. The number of ether oxygens (including phenoxy) is 1. The highest BCUT2D eigenvalue weighted by Crippen LogP contribution is 2.65. The average Bonchev–Trinajstić information content (AvgIpc) is 3.40. The minimum absolute atomic E-state index is 0.0516. The maximum absolute atomic E-state index is 14.4. The fourth-order valence-electron chi connectivity index (χ4n) is 6.78. The number of likely N-dealkylation sites (N-methyl/N-ethyl adjacent to an activating group) is 1. The molecule has 0 saturated carbocycles. The van der Waals surface area contributed by atoms with Gasteiger partial charge in [-0.2, -0.15) is 0 Å². The molecule has 3 aliphatic rings. The molecule has 3 fully saturated rings. The minimum atomic E-state index is -1.16. The molecule has 3 heterocycles. The van der Waals surface area contributed by atoms with Crippen molar-refractivity contribution in [2.45, 2.75) is 57.0 Å². The van der Waals surface area contributed by atoms with Crippen LogP contribution >= 0.6 is 0 Å². The fraction of sp³-hybridized carbons (Fsp3) is 0.552. The van der Waals surface area contributed by atoms with Gasteiger partial charge in [-0.15, -0.1) is 13.2 Å². The summed E-state index contributed by atoms with van der Waals surface area (Å²) in [7, 11) is 1.69. The van der Waals surface area contributed by atoms with Gasteiger partial charge in [0.05, 0.1) is 30.1 Å². The van der Waals surface area contributed by atoms with E-state index in [-0.39, 0.29) is 36.8 Å². The van der Waals surface area contributed by atoms with Gasteiger partial charge in [-0.1, -0.05) is 49.4 Å². The molecule has 7 atom stereocenters. The molecule has 8 nitrogen and oxygen atoms in total. The first kappa shape index (κ1) is 27.1. The van der Waals surface area contributed by atoms with Crippen LogP contribution in [0.5, 0.6) is 0 Å². The maximum Gasteiger partial charge on any atom is 0.249 e. The molecular weight excluding hydrogens is 470 g/mol. The quantitative estimate of drug-likeness (QED) is 0.489. The van der Waals surface area contributed by atoms with Crippen molar-refractivity contribution in [3.63, 3.8) is 0 Å². The second-order valence-electron chi connectivity index (χ2n) is 11.0. The second kappa shape index (κ2) is 10.1. The van der Waals surface area contributed by atoms with E-state index in [1.165, 1.54) is 4.90 Å². The Morgan fingerprint density at radius 1 is 1.22 bits per heavy atom. The van der Waals surface area contributed by atoms with Crippen LogP contribution in [-0.4, -0.2) is 87.6 Å². The van der Waals surface area contributed by atoms with Gasteiger partial charge in [0.1, 0.15) is 11.6 Å². The molecule has 3 unspecified atom stereocenters. The van der Waals surface area contributed by atoms with Crippen LogP contribution in [0.3, 0.4) is 0 Å². The van der Waals surface area contributed by atoms with E-state index < -0.39 is 35.1 Å². The largest absolute Gasteiger partial charge is 0.394 e. The standard InChI is InChI=1S/C29H39N3O5/c1-7-14-30(6)25(34)22-23-26(35)32(20(4)18-33)24(29(23)16-19(3)28(22,5)37-29)27(36)31(15-8-2)17-21-12-10-9-11-13-21/h7-13,19-20,22-24,33H,1-2,14-18H2,3-6H3/t19?,20-,22-,23+,24?,28+,29?/m1/s1. The van der Waals surface area contributed by atoms with Gasteiger partial charge in [0.2, 0.25) is 17.7 Å². The Hall–Kier alpha value is -2.97. The first-order valence-electron chi connectivity index (χ1n) is 13.0. The third-order valence-electron chi connectivity index (χ3n) is 8.65. The zero-order valence-corrected chi connectivity index (χ0v) is 22.3. The zero-order chi connectivity index (χ0) is 27.1. The van der Waals surface area contributed by atoms with Crippen molar-refractivity contribution in [3.8, 4) is 0 Å². The molecule has 37 heavy (non-hydrogen) atoms. The van der Waals surface area contributed by atoms with Crippen molar-refractivity contribution in [1.29, 1.82) is 0 Å². The summed E-state index contributed by atoms with van der Waals surface area (Å²) >= 11 is 0. The van der Waals surface area contributed by atoms with E-state index in [0.29, 0.717) is 19.5 Å². The molecule has 8 heteroatoms.